The first-order chi connectivity index (χ1) is 23.4. The zero-order valence-corrected chi connectivity index (χ0v) is 28.8. The maximum Gasteiger partial charge on any atom is 0.303 e. The fourth-order valence-electron chi connectivity index (χ4n) is 5.04. The highest BCUT2D eigenvalue weighted by molar-refractivity contribution is 5.66. The third kappa shape index (κ3) is 18.6. The van der Waals surface area contributed by atoms with Gasteiger partial charge in [-0.05, 0) is 32.1 Å². The first kappa shape index (κ1) is 47.7. The van der Waals surface area contributed by atoms with Gasteiger partial charge in [-0.15, -0.1) is 0 Å². The quantitative estimate of drug-likeness (QED) is 0.0475. The number of allylic oxidation sites excluding steroid dienone is 2. The van der Waals surface area contributed by atoms with Crippen LogP contribution in [0.1, 0.15) is 96.8 Å². The van der Waals surface area contributed by atoms with E-state index < -0.39 is 86.7 Å². The van der Waals surface area contributed by atoms with Gasteiger partial charge in [0.05, 0.1) is 26.4 Å². The van der Waals surface area contributed by atoms with Crippen LogP contribution in [0.25, 0.3) is 0 Å². The molecule has 0 aromatic carbocycles. The van der Waals surface area contributed by atoms with Gasteiger partial charge in [0, 0.05) is 6.42 Å². The van der Waals surface area contributed by atoms with E-state index in [1.54, 1.807) is 0 Å². The Labute approximate surface area is 289 Å². The highest BCUT2D eigenvalue weighted by atomic mass is 16.8. The largest absolute Gasteiger partial charge is 0.481 e. The van der Waals surface area contributed by atoms with Gasteiger partial charge < -0.3 is 75.5 Å². The Morgan fingerprint density at radius 3 is 1.65 bits per heavy atom. The molecule has 0 aliphatic carbocycles. The van der Waals surface area contributed by atoms with Crippen LogP contribution in [0.15, 0.2) is 12.2 Å². The SMILES string of the molecule is CCCCCCCC/C=C\CCCCCCCC(=O)O.OCC(O)CO.OC[C@H]1O[C@@](CO)(O[C@H]2O[C@H](CO)[C@@H](O)[C@H](O)[C@H]2O)[C@@H](O)[C@@H]1O. The van der Waals surface area contributed by atoms with Crippen molar-refractivity contribution in [1.29, 1.82) is 0 Å². The molecule has 292 valence electrons. The molecule has 0 bridgehead atoms. The van der Waals surface area contributed by atoms with E-state index in [0.29, 0.717) is 6.42 Å². The molecule has 12 N–H and O–H groups in total. The highest BCUT2D eigenvalue weighted by Crippen LogP contribution is 2.35. The predicted octanol–water partition coefficient (Wildman–Crippen LogP) is -0.955. The summed E-state index contributed by atoms with van der Waals surface area (Å²) in [6.45, 7) is -0.793. The van der Waals surface area contributed by atoms with Crippen molar-refractivity contribution in [3.05, 3.63) is 12.2 Å². The summed E-state index contributed by atoms with van der Waals surface area (Å²) in [7, 11) is 0. The fourth-order valence-corrected chi connectivity index (χ4v) is 5.04. The molecular weight excluding hydrogens is 652 g/mol. The minimum atomic E-state index is -2.22. The average molecular weight is 717 g/mol. The second-order valence-corrected chi connectivity index (χ2v) is 12.3. The summed E-state index contributed by atoms with van der Waals surface area (Å²) in [6, 6.07) is 0. The van der Waals surface area contributed by atoms with Crippen molar-refractivity contribution in [2.45, 2.75) is 158 Å². The Hall–Kier alpha value is -1.35. The summed E-state index contributed by atoms with van der Waals surface area (Å²) in [5.41, 5.74) is 0. The van der Waals surface area contributed by atoms with E-state index in [2.05, 4.69) is 19.1 Å². The predicted molar refractivity (Wildman–Crippen MR) is 176 cm³/mol. The summed E-state index contributed by atoms with van der Waals surface area (Å²) >= 11 is 0. The number of carboxylic acids is 1. The van der Waals surface area contributed by atoms with Crippen molar-refractivity contribution in [2.24, 2.45) is 0 Å². The standard InChI is InChI=1S/C18H34O2.C12H22O11.C3H8O3/c1-2-3-4-5-6-7-8-9-10-11-12-13-14-15-16-17-18(19)20;13-1-4-6(16)8(18)9(19)11(21-4)23-12(3-15)10(20)7(17)5(2-14)22-12;4-1-3(6)2-5/h9-10H,2-8,11-17H2,1H3,(H,19,20);4-11,13-20H,1-3H2;3-6H,1-2H2/b10-9-;;/t;4-,5-,6-,7-,8+,9-,10+,11-,12+;/m.1./s1. The molecule has 0 aromatic rings. The van der Waals surface area contributed by atoms with Gasteiger partial charge in [-0.25, -0.2) is 0 Å². The summed E-state index contributed by atoms with van der Waals surface area (Å²) in [6.07, 6.45) is 7.63. The lowest BCUT2D eigenvalue weighted by Crippen LogP contribution is -2.62. The second-order valence-electron chi connectivity index (χ2n) is 12.3. The number of hydrogen-bond donors (Lipinski definition) is 12. The maximum atomic E-state index is 10.3. The smallest absolute Gasteiger partial charge is 0.303 e. The summed E-state index contributed by atoms with van der Waals surface area (Å²) in [5.74, 6) is -2.89. The molecule has 49 heavy (non-hydrogen) atoms. The molecule has 0 unspecified atom stereocenters. The molecule has 16 nitrogen and oxygen atoms in total. The number of rotatable bonds is 22. The van der Waals surface area contributed by atoms with E-state index in [0.717, 1.165) is 12.8 Å². The summed E-state index contributed by atoms with van der Waals surface area (Å²) in [5, 5.41) is 109. The third-order valence-corrected chi connectivity index (χ3v) is 8.14. The molecule has 2 aliphatic rings. The lowest BCUT2D eigenvalue weighted by Gasteiger charge is -2.43. The molecule has 0 radical (unpaired) electrons. The Morgan fingerprint density at radius 1 is 0.714 bits per heavy atom. The van der Waals surface area contributed by atoms with Crippen LogP contribution >= 0.6 is 0 Å². The van der Waals surface area contributed by atoms with E-state index in [4.69, 9.17) is 44.8 Å². The molecule has 2 fully saturated rings. The van der Waals surface area contributed by atoms with Crippen molar-refractivity contribution in [3.63, 3.8) is 0 Å². The number of carbonyl (C=O) groups is 1. The van der Waals surface area contributed by atoms with E-state index in [1.807, 2.05) is 0 Å². The van der Waals surface area contributed by atoms with Crippen LogP contribution in [0.3, 0.4) is 0 Å². The highest BCUT2D eigenvalue weighted by Gasteiger charge is 2.58. The molecule has 16 heteroatoms. The van der Waals surface area contributed by atoms with Gasteiger partial charge in [0.25, 0.3) is 0 Å². The van der Waals surface area contributed by atoms with Crippen LogP contribution < -0.4 is 0 Å². The molecular formula is C33H64O16. The fraction of sp³-hybridized carbons (Fsp3) is 0.909. The number of aliphatic hydroxyl groups excluding tert-OH is 11. The van der Waals surface area contributed by atoms with Crippen LogP contribution in [0.5, 0.6) is 0 Å². The average Bonchev–Trinajstić information content (AvgIpc) is 3.35. The van der Waals surface area contributed by atoms with Gasteiger partial charge in [0.1, 0.15) is 55.4 Å². The zero-order valence-electron chi connectivity index (χ0n) is 28.8. The molecule has 0 spiro atoms. The first-order valence-corrected chi connectivity index (χ1v) is 17.4. The monoisotopic (exact) mass is 716 g/mol. The molecule has 9 atom stereocenters. The number of unbranched alkanes of at least 4 members (excludes halogenated alkanes) is 11. The van der Waals surface area contributed by atoms with Gasteiger partial charge in [-0.2, -0.15) is 0 Å². The number of ether oxygens (including phenoxy) is 3. The molecule has 0 amide bonds. The number of aliphatic hydroxyl groups is 11. The lowest BCUT2D eigenvalue weighted by atomic mass is 9.99. The lowest BCUT2D eigenvalue weighted by molar-refractivity contribution is -0.383. The van der Waals surface area contributed by atoms with Gasteiger partial charge in [-0.1, -0.05) is 70.4 Å². The normalized spacial score (nSPS) is 29.8. The minimum absolute atomic E-state index is 0.332. The van der Waals surface area contributed by atoms with Crippen molar-refractivity contribution < 1.29 is 80.3 Å². The Balaban J connectivity index is 0.000000813. The van der Waals surface area contributed by atoms with Crippen LogP contribution in [-0.2, 0) is 19.0 Å². The van der Waals surface area contributed by atoms with Gasteiger partial charge in [0.15, 0.2) is 6.29 Å². The molecule has 2 saturated heterocycles. The van der Waals surface area contributed by atoms with Gasteiger partial charge >= 0.3 is 5.97 Å². The third-order valence-electron chi connectivity index (χ3n) is 8.14. The van der Waals surface area contributed by atoms with Crippen LogP contribution in [0.2, 0.25) is 0 Å². The molecule has 0 saturated carbocycles. The Morgan fingerprint density at radius 2 is 1.22 bits per heavy atom. The van der Waals surface area contributed by atoms with Gasteiger partial charge in [0.2, 0.25) is 5.79 Å². The van der Waals surface area contributed by atoms with E-state index in [-0.39, 0.29) is 13.2 Å². The van der Waals surface area contributed by atoms with E-state index >= 15 is 0 Å². The van der Waals surface area contributed by atoms with Gasteiger partial charge in [-0.3, -0.25) is 4.79 Å². The van der Waals surface area contributed by atoms with Crippen LogP contribution in [-0.4, -0.2) is 161 Å². The summed E-state index contributed by atoms with van der Waals surface area (Å²) in [4.78, 5) is 10.3. The van der Waals surface area contributed by atoms with E-state index in [9.17, 15) is 35.4 Å². The number of carboxylic acid groups (broad SMARTS) is 1. The van der Waals surface area contributed by atoms with Crippen LogP contribution in [0, 0.1) is 0 Å². The van der Waals surface area contributed by atoms with Crippen molar-refractivity contribution >= 4 is 5.97 Å². The Bertz CT molecular complexity index is 829. The van der Waals surface area contributed by atoms with E-state index in [1.165, 1.54) is 70.6 Å². The Kier molecular flexibility index (Phi) is 27.5. The summed E-state index contributed by atoms with van der Waals surface area (Å²) < 4.78 is 15.4. The molecule has 2 heterocycles. The molecule has 0 aromatic heterocycles. The minimum Gasteiger partial charge on any atom is -0.481 e. The zero-order chi connectivity index (χ0) is 37.2. The molecule has 2 aliphatic heterocycles. The second kappa shape index (κ2) is 28.3. The van der Waals surface area contributed by atoms with Crippen molar-refractivity contribution in [2.75, 3.05) is 33.0 Å². The number of hydrogen-bond acceptors (Lipinski definition) is 15. The topological polar surface area (TPSA) is 288 Å². The van der Waals surface area contributed by atoms with Crippen LogP contribution in [0.4, 0.5) is 0 Å². The number of aliphatic carboxylic acids is 1. The van der Waals surface area contributed by atoms with Crippen molar-refractivity contribution in [1.82, 2.24) is 0 Å². The maximum absolute atomic E-state index is 10.3. The molecule has 2 rings (SSSR count). The first-order valence-electron chi connectivity index (χ1n) is 17.4. The van der Waals surface area contributed by atoms with Crippen molar-refractivity contribution in [3.8, 4) is 0 Å².